The van der Waals surface area contributed by atoms with Crippen molar-refractivity contribution in [3.8, 4) is 0 Å². The second kappa shape index (κ2) is 7.49. The predicted octanol–water partition coefficient (Wildman–Crippen LogP) is 3.88. The van der Waals surface area contributed by atoms with Gasteiger partial charge in [0.05, 0.1) is 10.5 Å². The zero-order chi connectivity index (χ0) is 20.5. The van der Waals surface area contributed by atoms with Gasteiger partial charge in [-0.2, -0.15) is 13.2 Å². The van der Waals surface area contributed by atoms with Gasteiger partial charge in [0.15, 0.2) is 0 Å². The first-order valence-corrected chi connectivity index (χ1v) is 8.63. The fraction of sp³-hybridized carbons (Fsp3) is 0.316. The van der Waals surface area contributed by atoms with Gasteiger partial charge in [0.25, 0.3) is 11.6 Å². The summed E-state index contributed by atoms with van der Waals surface area (Å²) in [6, 6.07) is 9.85. The van der Waals surface area contributed by atoms with Crippen LogP contribution in [0.1, 0.15) is 21.5 Å². The van der Waals surface area contributed by atoms with Crippen molar-refractivity contribution >= 4 is 17.3 Å². The molecule has 2 aromatic rings. The van der Waals surface area contributed by atoms with Gasteiger partial charge in [-0.3, -0.25) is 14.9 Å². The highest BCUT2D eigenvalue weighted by molar-refractivity contribution is 5.94. The smallest absolute Gasteiger partial charge is 0.367 e. The molecule has 0 saturated carbocycles. The van der Waals surface area contributed by atoms with E-state index in [1.807, 2.05) is 19.1 Å². The molecule has 1 saturated heterocycles. The number of nitro benzene ring substituents is 1. The van der Waals surface area contributed by atoms with Crippen molar-refractivity contribution in [3.63, 3.8) is 0 Å². The fourth-order valence-electron chi connectivity index (χ4n) is 3.17. The summed E-state index contributed by atoms with van der Waals surface area (Å²) in [4.78, 5) is 25.6. The van der Waals surface area contributed by atoms with Crippen LogP contribution >= 0.6 is 0 Å². The standard InChI is InChI=1S/C19H18F3N3O3/c1-13-2-4-14(5-3-13)18(26)24-10-8-23(9-11-24)17-7-6-15(25(27)28)12-16(17)19(20,21)22/h2-7,12H,8-11H2,1H3. The number of halogens is 3. The van der Waals surface area contributed by atoms with Gasteiger partial charge in [0, 0.05) is 49.6 Å². The largest absolute Gasteiger partial charge is 0.418 e. The van der Waals surface area contributed by atoms with E-state index in [1.165, 1.54) is 4.90 Å². The number of rotatable bonds is 3. The number of non-ortho nitro benzene ring substituents is 1. The van der Waals surface area contributed by atoms with E-state index in [0.29, 0.717) is 11.6 Å². The first kappa shape index (κ1) is 19.7. The molecular weight excluding hydrogens is 375 g/mol. The summed E-state index contributed by atoms with van der Waals surface area (Å²) in [6.45, 7) is 2.86. The van der Waals surface area contributed by atoms with Gasteiger partial charge in [-0.05, 0) is 25.1 Å². The minimum Gasteiger partial charge on any atom is -0.367 e. The molecule has 2 aromatic carbocycles. The van der Waals surface area contributed by atoms with Crippen LogP contribution in [0.4, 0.5) is 24.5 Å². The first-order chi connectivity index (χ1) is 13.2. The highest BCUT2D eigenvalue weighted by Gasteiger charge is 2.37. The van der Waals surface area contributed by atoms with E-state index in [9.17, 15) is 28.1 Å². The molecule has 0 atom stereocenters. The van der Waals surface area contributed by atoms with Crippen molar-refractivity contribution in [2.24, 2.45) is 0 Å². The van der Waals surface area contributed by atoms with Crippen molar-refractivity contribution in [2.75, 3.05) is 31.1 Å². The highest BCUT2D eigenvalue weighted by Crippen LogP contribution is 2.39. The molecule has 3 rings (SSSR count). The quantitative estimate of drug-likeness (QED) is 0.586. The molecule has 148 valence electrons. The number of aryl methyl sites for hydroxylation is 1. The Morgan fingerprint density at radius 2 is 1.64 bits per heavy atom. The molecular formula is C19H18F3N3O3. The molecule has 0 aromatic heterocycles. The third-order valence-corrected chi connectivity index (χ3v) is 4.70. The van der Waals surface area contributed by atoms with Crippen molar-refractivity contribution < 1.29 is 22.9 Å². The number of alkyl halides is 3. The Hall–Kier alpha value is -3.10. The maximum atomic E-state index is 13.4. The summed E-state index contributed by atoms with van der Waals surface area (Å²) in [5.74, 6) is -0.167. The van der Waals surface area contributed by atoms with Gasteiger partial charge in [-0.15, -0.1) is 0 Å². The first-order valence-electron chi connectivity index (χ1n) is 8.63. The molecule has 0 N–H and O–H groups in total. The molecule has 0 unspecified atom stereocenters. The molecule has 0 radical (unpaired) electrons. The van der Waals surface area contributed by atoms with E-state index < -0.39 is 22.4 Å². The average molecular weight is 393 g/mol. The van der Waals surface area contributed by atoms with Crippen LogP contribution < -0.4 is 4.90 Å². The molecule has 0 bridgehead atoms. The summed E-state index contributed by atoms with van der Waals surface area (Å²) >= 11 is 0. The van der Waals surface area contributed by atoms with Gasteiger partial charge in [-0.25, -0.2) is 0 Å². The number of nitro groups is 1. The van der Waals surface area contributed by atoms with E-state index in [2.05, 4.69) is 0 Å². The third-order valence-electron chi connectivity index (χ3n) is 4.70. The molecule has 1 amide bonds. The summed E-state index contributed by atoms with van der Waals surface area (Å²) in [6.07, 6.45) is -4.71. The Bertz CT molecular complexity index is 890. The predicted molar refractivity (Wildman–Crippen MR) is 97.4 cm³/mol. The summed E-state index contributed by atoms with van der Waals surface area (Å²) < 4.78 is 40.2. The molecule has 1 fully saturated rings. The Balaban J connectivity index is 1.77. The molecule has 1 aliphatic rings. The number of carbonyl (C=O) groups excluding carboxylic acids is 1. The number of hydrogen-bond donors (Lipinski definition) is 0. The lowest BCUT2D eigenvalue weighted by Crippen LogP contribution is -2.49. The lowest BCUT2D eigenvalue weighted by Gasteiger charge is -2.37. The van der Waals surface area contributed by atoms with Crippen LogP contribution in [0.3, 0.4) is 0 Å². The summed E-state index contributed by atoms with van der Waals surface area (Å²) in [5, 5.41) is 10.8. The van der Waals surface area contributed by atoms with Gasteiger partial charge < -0.3 is 9.80 Å². The minimum atomic E-state index is -4.71. The zero-order valence-electron chi connectivity index (χ0n) is 15.1. The third kappa shape index (κ3) is 4.08. The van der Waals surface area contributed by atoms with Crippen LogP contribution in [0.2, 0.25) is 0 Å². The highest BCUT2D eigenvalue weighted by atomic mass is 19.4. The average Bonchev–Trinajstić information content (AvgIpc) is 2.67. The molecule has 6 nitrogen and oxygen atoms in total. The van der Waals surface area contributed by atoms with E-state index >= 15 is 0 Å². The van der Waals surface area contributed by atoms with Crippen LogP contribution in [0.15, 0.2) is 42.5 Å². The van der Waals surface area contributed by atoms with E-state index in [0.717, 1.165) is 17.7 Å². The second-order valence-electron chi connectivity index (χ2n) is 6.60. The van der Waals surface area contributed by atoms with Crippen molar-refractivity contribution in [2.45, 2.75) is 13.1 Å². The molecule has 0 spiro atoms. The SMILES string of the molecule is Cc1ccc(C(=O)N2CCN(c3ccc([N+](=O)[O-])cc3C(F)(F)F)CC2)cc1. The van der Waals surface area contributed by atoms with E-state index in [-0.39, 0.29) is 37.8 Å². The van der Waals surface area contributed by atoms with Crippen LogP contribution in [-0.2, 0) is 6.18 Å². The monoisotopic (exact) mass is 393 g/mol. The zero-order valence-corrected chi connectivity index (χ0v) is 15.1. The number of hydrogen-bond acceptors (Lipinski definition) is 4. The number of carbonyl (C=O) groups is 1. The number of benzene rings is 2. The minimum absolute atomic E-state index is 0.111. The molecule has 1 heterocycles. The Morgan fingerprint density at radius 3 is 2.18 bits per heavy atom. The fourth-order valence-corrected chi connectivity index (χ4v) is 3.17. The van der Waals surface area contributed by atoms with Gasteiger partial charge in [-0.1, -0.05) is 17.7 Å². The van der Waals surface area contributed by atoms with E-state index in [4.69, 9.17) is 0 Å². The molecule has 9 heteroatoms. The van der Waals surface area contributed by atoms with Crippen molar-refractivity contribution in [1.82, 2.24) is 4.90 Å². The van der Waals surface area contributed by atoms with Crippen molar-refractivity contribution in [1.29, 1.82) is 0 Å². The van der Waals surface area contributed by atoms with Crippen molar-refractivity contribution in [3.05, 3.63) is 69.3 Å². The number of amides is 1. The van der Waals surface area contributed by atoms with Crippen LogP contribution in [0, 0.1) is 17.0 Å². The Kier molecular flexibility index (Phi) is 5.26. The lowest BCUT2D eigenvalue weighted by atomic mass is 10.1. The van der Waals surface area contributed by atoms with Crippen LogP contribution in [0.5, 0.6) is 0 Å². The van der Waals surface area contributed by atoms with Crippen LogP contribution in [-0.4, -0.2) is 41.9 Å². The van der Waals surface area contributed by atoms with Gasteiger partial charge in [0.1, 0.15) is 0 Å². The molecule has 28 heavy (non-hydrogen) atoms. The molecule has 1 aliphatic heterocycles. The number of piperazine rings is 1. The number of anilines is 1. The maximum absolute atomic E-state index is 13.4. The maximum Gasteiger partial charge on any atom is 0.418 e. The number of nitrogens with zero attached hydrogens (tertiary/aromatic N) is 3. The van der Waals surface area contributed by atoms with Crippen LogP contribution in [0.25, 0.3) is 0 Å². The topological polar surface area (TPSA) is 66.7 Å². The summed E-state index contributed by atoms with van der Waals surface area (Å²) in [5.41, 5.74) is -0.200. The second-order valence-corrected chi connectivity index (χ2v) is 6.60. The normalized spacial score (nSPS) is 14.9. The summed E-state index contributed by atoms with van der Waals surface area (Å²) in [7, 11) is 0. The molecule has 0 aliphatic carbocycles. The lowest BCUT2D eigenvalue weighted by molar-refractivity contribution is -0.385. The Morgan fingerprint density at radius 1 is 1.04 bits per heavy atom. The van der Waals surface area contributed by atoms with E-state index in [1.54, 1.807) is 17.0 Å². The Labute approximate surface area is 159 Å². The van der Waals surface area contributed by atoms with Gasteiger partial charge >= 0.3 is 6.18 Å². The van der Waals surface area contributed by atoms with Gasteiger partial charge in [0.2, 0.25) is 0 Å².